The second-order valence-corrected chi connectivity index (χ2v) is 6.35. The summed E-state index contributed by atoms with van der Waals surface area (Å²) in [5, 5.41) is 10.8. The maximum absolute atomic E-state index is 11.1. The first-order valence-electron chi connectivity index (χ1n) is 7.27. The average Bonchev–Trinajstić information content (AvgIpc) is 3.15. The van der Waals surface area contributed by atoms with E-state index in [1.54, 1.807) is 5.38 Å². The molecule has 1 fully saturated rings. The number of carbonyl (C=O) groups is 1. The van der Waals surface area contributed by atoms with Crippen molar-refractivity contribution in [3.8, 4) is 16.2 Å². The Kier molecular flexibility index (Phi) is 4.45. The van der Waals surface area contributed by atoms with Gasteiger partial charge in [-0.3, -0.25) is 0 Å². The molecule has 0 saturated carbocycles. The third-order valence-electron chi connectivity index (χ3n) is 3.90. The molecule has 1 saturated heterocycles. The molecule has 0 radical (unpaired) electrons. The molecule has 1 aromatic carbocycles. The summed E-state index contributed by atoms with van der Waals surface area (Å²) < 4.78 is 11.1. The molecule has 1 aliphatic heterocycles. The van der Waals surface area contributed by atoms with Gasteiger partial charge in [0, 0.05) is 22.8 Å². The summed E-state index contributed by atoms with van der Waals surface area (Å²) in [6.07, 6.45) is 1.06. The maximum Gasteiger partial charge on any atom is 0.336 e. The van der Waals surface area contributed by atoms with Gasteiger partial charge in [-0.05, 0) is 48.7 Å². The van der Waals surface area contributed by atoms with Crippen molar-refractivity contribution in [2.45, 2.75) is 13.3 Å². The predicted molar refractivity (Wildman–Crippen MR) is 85.9 cm³/mol. The standard InChI is InChI=1S/C17H18O4S/c1-11-15(17(18)19)10-22-16(11)13-2-4-14(5-3-13)21-9-12-6-7-20-8-12/h2-5,10,12H,6-9H2,1H3,(H,18,19). The monoisotopic (exact) mass is 318 g/mol. The number of benzene rings is 1. The molecule has 0 bridgehead atoms. The van der Waals surface area contributed by atoms with Crippen LogP contribution in [0.2, 0.25) is 0 Å². The Bertz CT molecular complexity index is 654. The fourth-order valence-corrected chi connectivity index (χ4v) is 3.62. The smallest absolute Gasteiger partial charge is 0.336 e. The molecule has 1 unspecified atom stereocenters. The number of ether oxygens (including phenoxy) is 2. The van der Waals surface area contributed by atoms with Crippen molar-refractivity contribution in [1.82, 2.24) is 0 Å². The van der Waals surface area contributed by atoms with Crippen LogP contribution in [0, 0.1) is 12.8 Å². The number of thiophene rings is 1. The van der Waals surface area contributed by atoms with Gasteiger partial charge in [-0.1, -0.05) is 0 Å². The first kappa shape index (κ1) is 15.1. The van der Waals surface area contributed by atoms with Gasteiger partial charge in [-0.15, -0.1) is 11.3 Å². The van der Waals surface area contributed by atoms with E-state index >= 15 is 0 Å². The van der Waals surface area contributed by atoms with E-state index in [0.29, 0.717) is 18.1 Å². The van der Waals surface area contributed by atoms with E-state index in [1.165, 1.54) is 11.3 Å². The Morgan fingerprint density at radius 1 is 1.41 bits per heavy atom. The van der Waals surface area contributed by atoms with Gasteiger partial charge in [0.25, 0.3) is 0 Å². The lowest BCUT2D eigenvalue weighted by Gasteiger charge is -2.10. The highest BCUT2D eigenvalue weighted by atomic mass is 32.1. The Hall–Kier alpha value is -1.85. The second-order valence-electron chi connectivity index (χ2n) is 5.47. The van der Waals surface area contributed by atoms with Gasteiger partial charge in [0.2, 0.25) is 0 Å². The molecule has 22 heavy (non-hydrogen) atoms. The van der Waals surface area contributed by atoms with Crippen LogP contribution in [-0.2, 0) is 4.74 Å². The van der Waals surface area contributed by atoms with Crippen molar-refractivity contribution in [3.05, 3.63) is 40.8 Å². The molecule has 1 aliphatic rings. The summed E-state index contributed by atoms with van der Waals surface area (Å²) in [5.41, 5.74) is 2.21. The number of carboxylic acids is 1. The van der Waals surface area contributed by atoms with E-state index in [-0.39, 0.29) is 0 Å². The number of rotatable bonds is 5. The van der Waals surface area contributed by atoms with Crippen LogP contribution in [0.3, 0.4) is 0 Å². The molecule has 0 amide bonds. The highest BCUT2D eigenvalue weighted by molar-refractivity contribution is 7.14. The molecule has 1 atom stereocenters. The number of hydrogen-bond acceptors (Lipinski definition) is 4. The summed E-state index contributed by atoms with van der Waals surface area (Å²) in [7, 11) is 0. The maximum atomic E-state index is 11.1. The zero-order chi connectivity index (χ0) is 15.5. The summed E-state index contributed by atoms with van der Waals surface area (Å²) in [4.78, 5) is 12.1. The fraction of sp³-hybridized carbons (Fsp3) is 0.353. The SMILES string of the molecule is Cc1c(C(=O)O)csc1-c1ccc(OCC2CCOC2)cc1. The van der Waals surface area contributed by atoms with Gasteiger partial charge in [0.15, 0.2) is 0 Å². The van der Waals surface area contributed by atoms with Crippen molar-refractivity contribution in [1.29, 1.82) is 0 Å². The molecule has 0 aliphatic carbocycles. The van der Waals surface area contributed by atoms with E-state index in [9.17, 15) is 4.79 Å². The average molecular weight is 318 g/mol. The predicted octanol–water partition coefficient (Wildman–Crippen LogP) is 3.84. The minimum absolute atomic E-state index is 0.376. The third kappa shape index (κ3) is 3.15. The van der Waals surface area contributed by atoms with E-state index in [2.05, 4.69) is 0 Å². The van der Waals surface area contributed by atoms with Gasteiger partial charge < -0.3 is 14.6 Å². The summed E-state index contributed by atoms with van der Waals surface area (Å²) in [5.74, 6) is 0.444. The molecule has 2 aromatic rings. The Labute approximate surface area is 133 Å². The van der Waals surface area contributed by atoms with Gasteiger partial charge in [-0.2, -0.15) is 0 Å². The quantitative estimate of drug-likeness (QED) is 0.910. The summed E-state index contributed by atoms with van der Waals surface area (Å²) >= 11 is 1.46. The van der Waals surface area contributed by atoms with Crippen LogP contribution in [0.4, 0.5) is 0 Å². The Morgan fingerprint density at radius 2 is 2.18 bits per heavy atom. The van der Waals surface area contributed by atoms with Crippen LogP contribution in [0.15, 0.2) is 29.6 Å². The topological polar surface area (TPSA) is 55.8 Å². The molecule has 3 rings (SSSR count). The van der Waals surface area contributed by atoms with Crippen molar-refractivity contribution < 1.29 is 19.4 Å². The van der Waals surface area contributed by atoms with Gasteiger partial charge in [0.05, 0.1) is 18.8 Å². The lowest BCUT2D eigenvalue weighted by atomic mass is 10.1. The normalized spacial score (nSPS) is 17.6. The molecule has 5 heteroatoms. The Balaban J connectivity index is 1.69. The minimum atomic E-state index is -0.876. The second kappa shape index (κ2) is 6.50. The number of hydrogen-bond donors (Lipinski definition) is 1. The zero-order valence-corrected chi connectivity index (χ0v) is 13.2. The first-order chi connectivity index (χ1) is 10.6. The van der Waals surface area contributed by atoms with Crippen molar-refractivity contribution in [2.75, 3.05) is 19.8 Å². The van der Waals surface area contributed by atoms with Crippen LogP contribution in [0.25, 0.3) is 10.4 Å². The molecule has 2 heterocycles. The minimum Gasteiger partial charge on any atom is -0.493 e. The molecular formula is C17H18O4S. The van der Waals surface area contributed by atoms with Crippen molar-refractivity contribution >= 4 is 17.3 Å². The van der Waals surface area contributed by atoms with E-state index in [1.807, 2.05) is 31.2 Å². The highest BCUT2D eigenvalue weighted by Gasteiger charge is 2.17. The van der Waals surface area contributed by atoms with Crippen LogP contribution in [0.5, 0.6) is 5.75 Å². The fourth-order valence-electron chi connectivity index (χ4n) is 2.54. The van der Waals surface area contributed by atoms with Gasteiger partial charge >= 0.3 is 5.97 Å². The van der Waals surface area contributed by atoms with Gasteiger partial charge in [0.1, 0.15) is 5.75 Å². The van der Waals surface area contributed by atoms with Crippen LogP contribution in [0.1, 0.15) is 22.3 Å². The van der Waals surface area contributed by atoms with Crippen molar-refractivity contribution in [3.63, 3.8) is 0 Å². The summed E-state index contributed by atoms with van der Waals surface area (Å²) in [6, 6.07) is 7.82. The third-order valence-corrected chi connectivity index (χ3v) is 5.03. The van der Waals surface area contributed by atoms with E-state index in [0.717, 1.165) is 41.4 Å². The van der Waals surface area contributed by atoms with E-state index in [4.69, 9.17) is 14.6 Å². The molecule has 0 spiro atoms. The number of aromatic carboxylic acids is 1. The molecule has 4 nitrogen and oxygen atoms in total. The molecule has 116 valence electrons. The van der Waals surface area contributed by atoms with Crippen LogP contribution >= 0.6 is 11.3 Å². The molecule has 1 N–H and O–H groups in total. The van der Waals surface area contributed by atoms with E-state index < -0.39 is 5.97 Å². The van der Waals surface area contributed by atoms with Crippen LogP contribution in [-0.4, -0.2) is 30.9 Å². The zero-order valence-electron chi connectivity index (χ0n) is 12.4. The highest BCUT2D eigenvalue weighted by Crippen LogP contribution is 2.33. The molecule has 1 aromatic heterocycles. The largest absolute Gasteiger partial charge is 0.493 e. The summed E-state index contributed by atoms with van der Waals surface area (Å²) in [6.45, 7) is 4.14. The van der Waals surface area contributed by atoms with Crippen LogP contribution < -0.4 is 4.74 Å². The van der Waals surface area contributed by atoms with Crippen molar-refractivity contribution in [2.24, 2.45) is 5.92 Å². The lowest BCUT2D eigenvalue weighted by molar-refractivity contribution is 0.0697. The number of carboxylic acid groups (broad SMARTS) is 1. The first-order valence-corrected chi connectivity index (χ1v) is 8.15. The van der Waals surface area contributed by atoms with Gasteiger partial charge in [-0.25, -0.2) is 4.79 Å². The lowest BCUT2D eigenvalue weighted by Crippen LogP contribution is -2.11. The molecular weight excluding hydrogens is 300 g/mol. The Morgan fingerprint density at radius 3 is 2.77 bits per heavy atom.